The number of anilines is 1. The fraction of sp³-hybridized carbons (Fsp3) is 0.280. The predicted octanol–water partition coefficient (Wildman–Crippen LogP) is 3.61. The molecule has 0 bridgehead atoms. The van der Waals surface area contributed by atoms with Crippen LogP contribution in [0.1, 0.15) is 17.7 Å². The maximum Gasteiger partial charge on any atom is 0.304 e. The number of hydrogen-bond acceptors (Lipinski definition) is 6. The van der Waals surface area contributed by atoms with Crippen molar-refractivity contribution in [2.24, 2.45) is 0 Å². The highest BCUT2D eigenvalue weighted by molar-refractivity contribution is 5.81. The molecule has 1 N–H and O–H groups in total. The van der Waals surface area contributed by atoms with Crippen molar-refractivity contribution in [3.8, 4) is 17.5 Å². The topological polar surface area (TPSA) is 80.1 Å². The van der Waals surface area contributed by atoms with E-state index in [-0.39, 0.29) is 6.61 Å². The number of benzene rings is 2. The van der Waals surface area contributed by atoms with Crippen LogP contribution in [-0.2, 0) is 11.3 Å². The number of rotatable bonds is 12. The Labute approximate surface area is 194 Å². The van der Waals surface area contributed by atoms with E-state index in [1.165, 1.54) is 4.90 Å². The summed E-state index contributed by atoms with van der Waals surface area (Å²) in [7, 11) is 5.11. The number of hydrogen-bond donors (Lipinski definition) is 1. The molecule has 1 amide bonds. The normalized spacial score (nSPS) is 10.5. The summed E-state index contributed by atoms with van der Waals surface area (Å²) in [4.78, 5) is 19.7. The van der Waals surface area contributed by atoms with Gasteiger partial charge in [-0.2, -0.15) is 4.98 Å². The molecule has 8 nitrogen and oxygen atoms in total. The first-order valence-corrected chi connectivity index (χ1v) is 10.6. The van der Waals surface area contributed by atoms with Gasteiger partial charge in [0.2, 0.25) is 6.41 Å². The fourth-order valence-electron chi connectivity index (χ4n) is 3.42. The van der Waals surface area contributed by atoms with Crippen LogP contribution in [0.15, 0.2) is 61.2 Å². The average molecular weight is 451 g/mol. The second-order valence-electron chi connectivity index (χ2n) is 7.55. The van der Waals surface area contributed by atoms with Crippen molar-refractivity contribution in [1.82, 2.24) is 14.5 Å². The summed E-state index contributed by atoms with van der Waals surface area (Å²) in [5.41, 5.74) is 2.34. The summed E-state index contributed by atoms with van der Waals surface area (Å²) in [6, 6.07) is 17.5. The number of amides is 1. The third kappa shape index (κ3) is 5.53. The van der Waals surface area contributed by atoms with Gasteiger partial charge in [0.05, 0.1) is 19.4 Å². The van der Waals surface area contributed by atoms with E-state index in [9.17, 15) is 9.90 Å². The molecule has 3 aromatic rings. The molecule has 0 saturated heterocycles. The first-order valence-electron chi connectivity index (χ1n) is 10.6. The predicted molar refractivity (Wildman–Crippen MR) is 129 cm³/mol. The van der Waals surface area contributed by atoms with Crippen LogP contribution in [0.25, 0.3) is 5.70 Å². The Balaban J connectivity index is 2.15. The zero-order valence-electron chi connectivity index (χ0n) is 19.3. The number of para-hydroxylation sites is 2. The molecule has 0 saturated carbocycles. The molecule has 0 spiro atoms. The van der Waals surface area contributed by atoms with Crippen LogP contribution in [0.4, 0.5) is 5.82 Å². The summed E-state index contributed by atoms with van der Waals surface area (Å²) in [6.07, 6.45) is 1.29. The molecule has 8 heteroatoms. The van der Waals surface area contributed by atoms with E-state index in [1.54, 1.807) is 26.3 Å². The van der Waals surface area contributed by atoms with Crippen LogP contribution < -0.4 is 14.4 Å². The zero-order valence-corrected chi connectivity index (χ0v) is 19.3. The van der Waals surface area contributed by atoms with E-state index in [4.69, 9.17) is 9.47 Å². The minimum absolute atomic E-state index is 0.0736. The number of aliphatic hydroxyl groups excluding tert-OH is 1. The maximum atomic E-state index is 11.7. The van der Waals surface area contributed by atoms with Gasteiger partial charge < -0.3 is 24.4 Å². The molecule has 0 aliphatic rings. The molecule has 0 radical (unpaired) electrons. The minimum atomic E-state index is 0.0736. The lowest BCUT2D eigenvalue weighted by Gasteiger charge is -2.24. The molecule has 0 aliphatic carbocycles. The smallest absolute Gasteiger partial charge is 0.304 e. The quantitative estimate of drug-likeness (QED) is 0.425. The highest BCUT2D eigenvalue weighted by Crippen LogP contribution is 2.36. The van der Waals surface area contributed by atoms with Gasteiger partial charge >= 0.3 is 6.01 Å². The lowest BCUT2D eigenvalue weighted by molar-refractivity contribution is -0.107. The lowest BCUT2D eigenvalue weighted by atomic mass is 10.2. The standard InChI is InChI=1S/C25H30N4O4/c1-19(27(2)15-10-16-30)23-24(28(3)18-31)26-25(29(23)17-20-11-6-5-7-12-20)33-22-14-9-8-13-21(22)32-4/h5-9,11-14,18,30H,1,10,15-17H2,2-4H3. The van der Waals surface area contributed by atoms with E-state index in [1.807, 2.05) is 59.0 Å². The van der Waals surface area contributed by atoms with Crippen molar-refractivity contribution in [3.63, 3.8) is 0 Å². The SMILES string of the molecule is C=C(c1c(N(C)C=O)nc(Oc2ccccc2OC)n1Cc1ccccc1)N(C)CCCO. The molecule has 0 atom stereocenters. The largest absolute Gasteiger partial charge is 0.493 e. The molecular formula is C25H30N4O4. The van der Waals surface area contributed by atoms with Crippen LogP contribution in [0.3, 0.4) is 0 Å². The summed E-state index contributed by atoms with van der Waals surface area (Å²) < 4.78 is 13.5. The number of ether oxygens (including phenoxy) is 2. The van der Waals surface area contributed by atoms with Crippen LogP contribution in [0, 0.1) is 0 Å². The van der Waals surface area contributed by atoms with Gasteiger partial charge in [-0.3, -0.25) is 9.36 Å². The van der Waals surface area contributed by atoms with Gasteiger partial charge in [-0.1, -0.05) is 49.0 Å². The number of nitrogens with zero attached hydrogens (tertiary/aromatic N) is 4. The molecule has 0 unspecified atom stereocenters. The molecule has 1 aromatic heterocycles. The Kier molecular flexibility index (Phi) is 8.10. The molecule has 3 rings (SSSR count). The number of carbonyl (C=O) groups is 1. The Morgan fingerprint density at radius 3 is 2.42 bits per heavy atom. The first kappa shape index (κ1) is 23.9. The van der Waals surface area contributed by atoms with E-state index in [0.717, 1.165) is 5.56 Å². The van der Waals surface area contributed by atoms with Crippen LogP contribution in [0.5, 0.6) is 17.5 Å². The van der Waals surface area contributed by atoms with Crippen molar-refractivity contribution in [2.45, 2.75) is 13.0 Å². The van der Waals surface area contributed by atoms with E-state index < -0.39 is 0 Å². The molecule has 174 valence electrons. The van der Waals surface area contributed by atoms with Gasteiger partial charge in [0.1, 0.15) is 5.69 Å². The molecule has 33 heavy (non-hydrogen) atoms. The number of methoxy groups -OCH3 is 1. The number of imidazole rings is 1. The summed E-state index contributed by atoms with van der Waals surface area (Å²) in [6.45, 7) is 5.39. The fourth-order valence-corrected chi connectivity index (χ4v) is 3.42. The summed E-state index contributed by atoms with van der Waals surface area (Å²) >= 11 is 0. The zero-order chi connectivity index (χ0) is 23.8. The molecule has 2 aromatic carbocycles. The van der Waals surface area contributed by atoms with Crippen molar-refractivity contribution < 1.29 is 19.4 Å². The first-order chi connectivity index (χ1) is 16.0. The highest BCUT2D eigenvalue weighted by Gasteiger charge is 2.26. The van der Waals surface area contributed by atoms with Crippen LogP contribution >= 0.6 is 0 Å². The monoisotopic (exact) mass is 450 g/mol. The van der Waals surface area contributed by atoms with Crippen molar-refractivity contribution >= 4 is 17.9 Å². The lowest BCUT2D eigenvalue weighted by Crippen LogP contribution is -2.23. The van der Waals surface area contributed by atoms with Gasteiger partial charge in [-0.05, 0) is 24.1 Å². The second kappa shape index (κ2) is 11.2. The Morgan fingerprint density at radius 2 is 1.79 bits per heavy atom. The summed E-state index contributed by atoms with van der Waals surface area (Å²) in [5, 5.41) is 9.26. The number of aliphatic hydroxyl groups is 1. The van der Waals surface area contributed by atoms with Gasteiger partial charge in [0.25, 0.3) is 0 Å². The second-order valence-corrected chi connectivity index (χ2v) is 7.55. The van der Waals surface area contributed by atoms with E-state index in [0.29, 0.717) is 60.6 Å². The van der Waals surface area contributed by atoms with E-state index in [2.05, 4.69) is 11.6 Å². The van der Waals surface area contributed by atoms with E-state index >= 15 is 0 Å². The minimum Gasteiger partial charge on any atom is -0.493 e. The molecule has 0 fully saturated rings. The molecule has 0 aliphatic heterocycles. The average Bonchev–Trinajstić information content (AvgIpc) is 3.19. The highest BCUT2D eigenvalue weighted by atomic mass is 16.5. The van der Waals surface area contributed by atoms with Crippen molar-refractivity contribution in [3.05, 3.63) is 72.4 Å². The van der Waals surface area contributed by atoms with Crippen molar-refractivity contribution in [2.75, 3.05) is 39.3 Å². The van der Waals surface area contributed by atoms with Gasteiger partial charge in [-0.15, -0.1) is 0 Å². The van der Waals surface area contributed by atoms with Gasteiger partial charge in [-0.25, -0.2) is 0 Å². The van der Waals surface area contributed by atoms with Gasteiger partial charge in [0.15, 0.2) is 17.3 Å². The third-order valence-corrected chi connectivity index (χ3v) is 5.25. The van der Waals surface area contributed by atoms with Crippen LogP contribution in [0.2, 0.25) is 0 Å². The Morgan fingerprint density at radius 1 is 1.12 bits per heavy atom. The molecule has 1 heterocycles. The molecular weight excluding hydrogens is 420 g/mol. The Bertz CT molecular complexity index is 1080. The Hall–Kier alpha value is -3.78. The van der Waals surface area contributed by atoms with Crippen molar-refractivity contribution in [1.29, 1.82) is 0 Å². The van der Waals surface area contributed by atoms with Gasteiger partial charge in [0, 0.05) is 27.2 Å². The number of carbonyl (C=O) groups excluding carboxylic acids is 1. The van der Waals surface area contributed by atoms with Crippen LogP contribution in [-0.4, -0.2) is 60.3 Å². The summed E-state index contributed by atoms with van der Waals surface area (Å²) in [5.74, 6) is 1.49. The number of aromatic nitrogens is 2. The maximum absolute atomic E-state index is 11.7. The third-order valence-electron chi connectivity index (χ3n) is 5.25.